The first-order valence-electron chi connectivity index (χ1n) is 9.15. The summed E-state index contributed by atoms with van der Waals surface area (Å²) in [5, 5.41) is 0. The van der Waals surface area contributed by atoms with Crippen LogP contribution in [-0.4, -0.2) is 21.4 Å². The lowest BCUT2D eigenvalue weighted by molar-refractivity contribution is 0.138. The topological polar surface area (TPSA) is 29.0 Å². The Balaban J connectivity index is 1.53. The molecule has 1 aliphatic rings. The second-order valence-corrected chi connectivity index (χ2v) is 6.79. The number of hydrogen-bond acceptors (Lipinski definition) is 3. The fraction of sp³-hybridized carbons (Fsp3) is 0.273. The number of pyridine rings is 2. The van der Waals surface area contributed by atoms with E-state index in [9.17, 15) is 4.39 Å². The van der Waals surface area contributed by atoms with Crippen molar-refractivity contribution in [1.82, 2.24) is 14.9 Å². The molecular weight excluding hydrogens is 325 g/mol. The molecule has 1 saturated heterocycles. The Morgan fingerprint density at radius 2 is 1.85 bits per heavy atom. The minimum atomic E-state index is -0.224. The van der Waals surface area contributed by atoms with Gasteiger partial charge in [-0.25, -0.2) is 4.39 Å². The molecule has 3 nitrogen and oxygen atoms in total. The monoisotopic (exact) mass is 347 g/mol. The van der Waals surface area contributed by atoms with E-state index in [1.807, 2.05) is 30.6 Å². The van der Waals surface area contributed by atoms with Crippen LogP contribution in [0.15, 0.2) is 67.0 Å². The summed E-state index contributed by atoms with van der Waals surface area (Å²) in [4.78, 5) is 11.6. The van der Waals surface area contributed by atoms with Crippen LogP contribution in [0.1, 0.15) is 36.6 Å². The zero-order chi connectivity index (χ0) is 17.8. The first kappa shape index (κ1) is 16.9. The standard InChI is InChI=1S/C22H22FN3/c23-19-10-7-17(8-11-19)21-12-9-18(15-25-21)22-6-2-4-14-26(22)16-20-5-1-3-13-24-20/h1,3,5,7-13,15,22H,2,4,6,14,16H2. The van der Waals surface area contributed by atoms with Gasteiger partial charge in [-0.3, -0.25) is 14.9 Å². The van der Waals surface area contributed by atoms with Gasteiger partial charge in [-0.05, 0) is 67.4 Å². The molecule has 0 bridgehead atoms. The van der Waals surface area contributed by atoms with E-state index in [0.717, 1.165) is 36.5 Å². The Labute approximate surface area is 153 Å². The van der Waals surface area contributed by atoms with Gasteiger partial charge in [0.2, 0.25) is 0 Å². The molecule has 4 rings (SSSR count). The molecule has 1 unspecified atom stereocenters. The van der Waals surface area contributed by atoms with Gasteiger partial charge in [0.15, 0.2) is 0 Å². The van der Waals surface area contributed by atoms with E-state index in [2.05, 4.69) is 27.0 Å². The summed E-state index contributed by atoms with van der Waals surface area (Å²) < 4.78 is 13.1. The van der Waals surface area contributed by atoms with Gasteiger partial charge < -0.3 is 0 Å². The molecule has 3 aromatic rings. The average molecular weight is 347 g/mol. The van der Waals surface area contributed by atoms with E-state index in [1.54, 1.807) is 12.1 Å². The van der Waals surface area contributed by atoms with Crippen molar-refractivity contribution in [1.29, 1.82) is 0 Å². The first-order chi connectivity index (χ1) is 12.8. The third kappa shape index (κ3) is 3.81. The Hall–Kier alpha value is -2.59. The van der Waals surface area contributed by atoms with E-state index >= 15 is 0 Å². The van der Waals surface area contributed by atoms with Crippen molar-refractivity contribution in [3.8, 4) is 11.3 Å². The van der Waals surface area contributed by atoms with Crippen LogP contribution in [0.5, 0.6) is 0 Å². The van der Waals surface area contributed by atoms with Crippen molar-refractivity contribution in [2.75, 3.05) is 6.54 Å². The number of nitrogens with zero attached hydrogens (tertiary/aromatic N) is 3. The van der Waals surface area contributed by atoms with Gasteiger partial charge in [0.05, 0.1) is 11.4 Å². The quantitative estimate of drug-likeness (QED) is 0.664. The fourth-order valence-corrected chi connectivity index (χ4v) is 3.65. The molecule has 0 radical (unpaired) electrons. The lowest BCUT2D eigenvalue weighted by atomic mass is 9.95. The molecule has 0 N–H and O–H groups in total. The Bertz CT molecular complexity index is 832. The number of benzene rings is 1. The van der Waals surface area contributed by atoms with Crippen molar-refractivity contribution < 1.29 is 4.39 Å². The number of likely N-dealkylation sites (tertiary alicyclic amines) is 1. The van der Waals surface area contributed by atoms with Crippen LogP contribution in [0.2, 0.25) is 0 Å². The van der Waals surface area contributed by atoms with Crippen molar-refractivity contribution >= 4 is 0 Å². The van der Waals surface area contributed by atoms with Gasteiger partial charge in [-0.2, -0.15) is 0 Å². The molecule has 0 saturated carbocycles. The van der Waals surface area contributed by atoms with Crippen molar-refractivity contribution in [3.63, 3.8) is 0 Å². The van der Waals surface area contributed by atoms with Gasteiger partial charge >= 0.3 is 0 Å². The summed E-state index contributed by atoms with van der Waals surface area (Å²) in [6, 6.07) is 17.1. The molecule has 4 heteroatoms. The average Bonchev–Trinajstić information content (AvgIpc) is 2.70. The molecule has 3 heterocycles. The number of aromatic nitrogens is 2. The van der Waals surface area contributed by atoms with Crippen LogP contribution in [-0.2, 0) is 6.54 Å². The number of piperidine rings is 1. The summed E-state index contributed by atoms with van der Waals surface area (Å²) in [6.45, 7) is 1.95. The summed E-state index contributed by atoms with van der Waals surface area (Å²) in [5.41, 5.74) is 4.16. The lowest BCUT2D eigenvalue weighted by Gasteiger charge is -2.35. The van der Waals surface area contributed by atoms with Crippen LogP contribution in [0.3, 0.4) is 0 Å². The zero-order valence-corrected chi connectivity index (χ0v) is 14.7. The molecule has 1 atom stereocenters. The smallest absolute Gasteiger partial charge is 0.123 e. The number of halogens is 1. The van der Waals surface area contributed by atoms with Gasteiger partial charge in [-0.15, -0.1) is 0 Å². The molecule has 1 fully saturated rings. The minimum absolute atomic E-state index is 0.224. The predicted molar refractivity (Wildman–Crippen MR) is 101 cm³/mol. The number of hydrogen-bond donors (Lipinski definition) is 0. The molecule has 26 heavy (non-hydrogen) atoms. The summed E-state index contributed by atoms with van der Waals surface area (Å²) in [6.07, 6.45) is 7.44. The second-order valence-electron chi connectivity index (χ2n) is 6.79. The highest BCUT2D eigenvalue weighted by atomic mass is 19.1. The van der Waals surface area contributed by atoms with E-state index in [1.165, 1.54) is 30.5 Å². The molecule has 1 aliphatic heterocycles. The molecule has 0 spiro atoms. The predicted octanol–water partition coefficient (Wildman–Crippen LogP) is 5.01. The Kier molecular flexibility index (Phi) is 5.02. The highest BCUT2D eigenvalue weighted by Gasteiger charge is 2.24. The van der Waals surface area contributed by atoms with Crippen LogP contribution in [0.4, 0.5) is 4.39 Å². The maximum atomic E-state index is 13.1. The van der Waals surface area contributed by atoms with Crippen molar-refractivity contribution in [2.45, 2.75) is 31.8 Å². The van der Waals surface area contributed by atoms with E-state index in [0.29, 0.717) is 6.04 Å². The van der Waals surface area contributed by atoms with Crippen LogP contribution < -0.4 is 0 Å². The van der Waals surface area contributed by atoms with Crippen molar-refractivity contribution in [2.24, 2.45) is 0 Å². The maximum absolute atomic E-state index is 13.1. The highest BCUT2D eigenvalue weighted by molar-refractivity contribution is 5.58. The highest BCUT2D eigenvalue weighted by Crippen LogP contribution is 2.32. The molecule has 0 amide bonds. The molecule has 132 valence electrons. The lowest BCUT2D eigenvalue weighted by Crippen LogP contribution is -2.33. The van der Waals surface area contributed by atoms with E-state index in [-0.39, 0.29) is 5.82 Å². The van der Waals surface area contributed by atoms with E-state index in [4.69, 9.17) is 0 Å². The van der Waals surface area contributed by atoms with Crippen LogP contribution >= 0.6 is 0 Å². The van der Waals surface area contributed by atoms with Gasteiger partial charge in [0.1, 0.15) is 5.82 Å². The summed E-state index contributed by atoms with van der Waals surface area (Å²) in [7, 11) is 0. The normalized spacial score (nSPS) is 18.0. The maximum Gasteiger partial charge on any atom is 0.123 e. The zero-order valence-electron chi connectivity index (χ0n) is 14.7. The summed E-state index contributed by atoms with van der Waals surface area (Å²) >= 11 is 0. The molecule has 1 aromatic carbocycles. The first-order valence-corrected chi connectivity index (χ1v) is 9.15. The van der Waals surface area contributed by atoms with Crippen LogP contribution in [0.25, 0.3) is 11.3 Å². The molecule has 0 aliphatic carbocycles. The third-order valence-electron chi connectivity index (χ3n) is 5.02. The fourth-order valence-electron chi connectivity index (χ4n) is 3.65. The van der Waals surface area contributed by atoms with Gasteiger partial charge in [-0.1, -0.05) is 18.6 Å². The largest absolute Gasteiger partial charge is 0.290 e. The number of rotatable bonds is 4. The van der Waals surface area contributed by atoms with E-state index < -0.39 is 0 Å². The van der Waals surface area contributed by atoms with Crippen LogP contribution in [0, 0.1) is 5.82 Å². The summed E-state index contributed by atoms with van der Waals surface area (Å²) in [5.74, 6) is -0.224. The van der Waals surface area contributed by atoms with Gasteiger partial charge in [0, 0.05) is 30.5 Å². The third-order valence-corrected chi connectivity index (χ3v) is 5.02. The molecule has 2 aromatic heterocycles. The Morgan fingerprint density at radius 1 is 0.962 bits per heavy atom. The second kappa shape index (κ2) is 7.75. The van der Waals surface area contributed by atoms with Gasteiger partial charge in [0.25, 0.3) is 0 Å². The SMILES string of the molecule is Fc1ccc(-c2ccc(C3CCCCN3Cc3ccccn3)cn2)cc1. The Morgan fingerprint density at radius 3 is 2.58 bits per heavy atom. The minimum Gasteiger partial charge on any atom is -0.290 e. The van der Waals surface area contributed by atoms with Crippen molar-refractivity contribution in [3.05, 3.63) is 84.1 Å². The molecular formula is C22H22FN3.